The van der Waals surface area contributed by atoms with Crippen LogP contribution in [0.3, 0.4) is 0 Å². The normalized spacial score (nSPS) is 17.0. The molecule has 0 spiro atoms. The summed E-state index contributed by atoms with van der Waals surface area (Å²) in [6, 6.07) is 9.68. The van der Waals surface area contributed by atoms with Gasteiger partial charge in [0, 0.05) is 56.3 Å². The minimum Gasteiger partial charge on any atom is -0.366 e. The van der Waals surface area contributed by atoms with Crippen LogP contribution >= 0.6 is 0 Å². The van der Waals surface area contributed by atoms with Crippen LogP contribution in [-0.2, 0) is 27.3 Å². The lowest BCUT2D eigenvalue weighted by Gasteiger charge is -2.35. The predicted molar refractivity (Wildman–Crippen MR) is 155 cm³/mol. The van der Waals surface area contributed by atoms with E-state index in [9.17, 15) is 23.6 Å². The van der Waals surface area contributed by atoms with Crippen LogP contribution in [0.2, 0.25) is 25.7 Å². The fraction of sp³-hybridized carbons (Fsp3) is 0.419. The zero-order chi connectivity index (χ0) is 29.7. The van der Waals surface area contributed by atoms with Gasteiger partial charge in [0.2, 0.25) is 11.8 Å². The molecule has 1 unspecified atom stereocenters. The second kappa shape index (κ2) is 12.8. The summed E-state index contributed by atoms with van der Waals surface area (Å²) in [5.74, 6) is 3.84. The SMILES string of the molecule is C[Si](C)(C)CCOCN1C(=O)CCC(N2Cc3c(C#CCCCc4ccc(C(N)=O)cc4)cc(F)cc3C2=O)C1=O. The van der Waals surface area contributed by atoms with Crippen molar-refractivity contribution in [2.75, 3.05) is 13.3 Å². The zero-order valence-corrected chi connectivity index (χ0v) is 24.8. The van der Waals surface area contributed by atoms with E-state index >= 15 is 0 Å². The minimum absolute atomic E-state index is 0.125. The standard InChI is InChI=1S/C31H36FN3O5Si/c1-41(2,3)16-15-40-20-35-28(36)14-13-27(31(35)39)34-19-26-23(17-24(32)18-25(26)30(34)38)8-6-4-5-7-21-9-11-22(12-10-21)29(33)37/h9-12,17-18,27H,4-5,7,13-16,19-20H2,1-3H3,(H2,33,37). The van der Waals surface area contributed by atoms with Crippen LogP contribution in [0.5, 0.6) is 0 Å². The van der Waals surface area contributed by atoms with Crippen molar-refractivity contribution in [1.29, 1.82) is 0 Å². The average molecular weight is 578 g/mol. The van der Waals surface area contributed by atoms with Gasteiger partial charge in [0.25, 0.3) is 11.8 Å². The summed E-state index contributed by atoms with van der Waals surface area (Å²) in [7, 11) is -1.33. The number of amides is 4. The van der Waals surface area contributed by atoms with Gasteiger partial charge in [0.15, 0.2) is 0 Å². The van der Waals surface area contributed by atoms with Gasteiger partial charge in [-0.1, -0.05) is 43.6 Å². The number of nitrogens with zero attached hydrogens (tertiary/aromatic N) is 2. The first kappa shape index (κ1) is 30.2. The van der Waals surface area contributed by atoms with Gasteiger partial charge in [-0.05, 0) is 55.1 Å². The molecule has 0 aromatic heterocycles. The molecule has 2 N–H and O–H groups in total. The number of nitrogens with two attached hydrogens (primary N) is 1. The third kappa shape index (κ3) is 7.48. The maximum Gasteiger partial charge on any atom is 0.255 e. The highest BCUT2D eigenvalue weighted by atomic mass is 28.3. The van der Waals surface area contributed by atoms with Crippen LogP contribution < -0.4 is 5.73 Å². The van der Waals surface area contributed by atoms with Crippen LogP contribution in [0.1, 0.15) is 63.1 Å². The highest BCUT2D eigenvalue weighted by Gasteiger charge is 2.43. The van der Waals surface area contributed by atoms with Crippen LogP contribution in [-0.4, -0.2) is 60.9 Å². The molecule has 41 heavy (non-hydrogen) atoms. The molecule has 216 valence electrons. The molecule has 4 rings (SSSR count). The van der Waals surface area contributed by atoms with E-state index < -0.39 is 37.7 Å². The number of carbonyl (C=O) groups excluding carboxylic acids is 4. The molecule has 2 aliphatic rings. The number of benzene rings is 2. The van der Waals surface area contributed by atoms with E-state index in [0.717, 1.165) is 29.3 Å². The van der Waals surface area contributed by atoms with E-state index in [2.05, 4.69) is 31.5 Å². The number of imide groups is 1. The molecule has 2 heterocycles. The van der Waals surface area contributed by atoms with E-state index in [1.807, 2.05) is 12.1 Å². The van der Waals surface area contributed by atoms with Crippen molar-refractivity contribution in [2.24, 2.45) is 5.73 Å². The quantitative estimate of drug-likeness (QED) is 0.198. The molecule has 2 aromatic carbocycles. The van der Waals surface area contributed by atoms with Gasteiger partial charge < -0.3 is 15.4 Å². The van der Waals surface area contributed by atoms with Gasteiger partial charge in [-0.15, -0.1) is 0 Å². The van der Waals surface area contributed by atoms with Crippen molar-refractivity contribution in [2.45, 2.75) is 70.4 Å². The van der Waals surface area contributed by atoms with Crippen molar-refractivity contribution >= 4 is 31.7 Å². The van der Waals surface area contributed by atoms with Gasteiger partial charge in [0.05, 0.1) is 0 Å². The Bertz CT molecular complexity index is 1410. The van der Waals surface area contributed by atoms with E-state index in [4.69, 9.17) is 10.5 Å². The predicted octanol–water partition coefficient (Wildman–Crippen LogP) is 4.08. The van der Waals surface area contributed by atoms with Crippen molar-refractivity contribution in [3.63, 3.8) is 0 Å². The monoisotopic (exact) mass is 577 g/mol. The summed E-state index contributed by atoms with van der Waals surface area (Å²) < 4.78 is 20.2. The number of rotatable bonds is 10. The highest BCUT2D eigenvalue weighted by molar-refractivity contribution is 6.76. The first-order chi connectivity index (χ1) is 19.4. The third-order valence-electron chi connectivity index (χ3n) is 7.34. The highest BCUT2D eigenvalue weighted by Crippen LogP contribution is 2.31. The molecule has 8 nitrogen and oxygen atoms in total. The van der Waals surface area contributed by atoms with Crippen LogP contribution in [0.4, 0.5) is 4.39 Å². The molecule has 1 fully saturated rings. The maximum atomic E-state index is 14.5. The van der Waals surface area contributed by atoms with E-state index in [1.54, 1.807) is 12.1 Å². The molecule has 2 aromatic rings. The third-order valence-corrected chi connectivity index (χ3v) is 9.04. The molecule has 0 radical (unpaired) electrons. The molecule has 0 bridgehead atoms. The smallest absolute Gasteiger partial charge is 0.255 e. The first-order valence-electron chi connectivity index (χ1n) is 13.9. The lowest BCUT2D eigenvalue weighted by atomic mass is 10.0. The Morgan fingerprint density at radius 3 is 2.56 bits per heavy atom. The molecule has 4 amide bonds. The molecular weight excluding hydrogens is 541 g/mol. The Morgan fingerprint density at radius 2 is 1.88 bits per heavy atom. The first-order valence-corrected chi connectivity index (χ1v) is 17.6. The van der Waals surface area contributed by atoms with Gasteiger partial charge in [-0.3, -0.25) is 24.1 Å². The summed E-state index contributed by atoms with van der Waals surface area (Å²) in [5, 5.41) is 0. The number of likely N-dealkylation sites (tertiary alicyclic amines) is 1. The lowest BCUT2D eigenvalue weighted by molar-refractivity contribution is -0.158. The summed E-state index contributed by atoms with van der Waals surface area (Å²) in [6.45, 7) is 7.11. The van der Waals surface area contributed by atoms with Gasteiger partial charge in [-0.2, -0.15) is 0 Å². The number of unbranched alkanes of at least 4 members (excludes halogenated alkanes) is 1. The van der Waals surface area contributed by atoms with E-state index in [-0.39, 0.29) is 37.6 Å². The minimum atomic E-state index is -1.33. The molecule has 0 saturated carbocycles. The largest absolute Gasteiger partial charge is 0.366 e. The number of ether oxygens (including phenoxy) is 1. The van der Waals surface area contributed by atoms with Crippen molar-refractivity contribution in [1.82, 2.24) is 9.80 Å². The number of hydrogen-bond donors (Lipinski definition) is 1. The lowest BCUT2D eigenvalue weighted by Crippen LogP contribution is -2.55. The van der Waals surface area contributed by atoms with E-state index in [0.29, 0.717) is 29.7 Å². The van der Waals surface area contributed by atoms with Gasteiger partial charge in [-0.25, -0.2) is 4.39 Å². The topological polar surface area (TPSA) is 110 Å². The van der Waals surface area contributed by atoms with Gasteiger partial charge in [0.1, 0.15) is 18.6 Å². The van der Waals surface area contributed by atoms with E-state index in [1.165, 1.54) is 17.0 Å². The number of hydrogen-bond acceptors (Lipinski definition) is 5. The summed E-state index contributed by atoms with van der Waals surface area (Å²) in [4.78, 5) is 52.8. The number of aryl methyl sites for hydroxylation is 1. The number of primary amides is 1. The Kier molecular flexibility index (Phi) is 9.41. The van der Waals surface area contributed by atoms with Crippen LogP contribution in [0, 0.1) is 17.7 Å². The second-order valence-electron chi connectivity index (χ2n) is 11.7. The van der Waals surface area contributed by atoms with Gasteiger partial charge >= 0.3 is 0 Å². The Hall–Kier alpha value is -3.81. The summed E-state index contributed by atoms with van der Waals surface area (Å²) >= 11 is 0. The average Bonchev–Trinajstić information content (AvgIpc) is 3.23. The summed E-state index contributed by atoms with van der Waals surface area (Å²) in [6.07, 6.45) is 2.40. The number of fused-ring (bicyclic) bond motifs is 1. The molecule has 0 aliphatic carbocycles. The molecule has 1 saturated heterocycles. The molecular formula is C31H36FN3O5Si. The van der Waals surface area contributed by atoms with Crippen molar-refractivity contribution in [3.05, 3.63) is 70.0 Å². The second-order valence-corrected chi connectivity index (χ2v) is 17.3. The van der Waals surface area contributed by atoms with Crippen molar-refractivity contribution in [3.8, 4) is 11.8 Å². The maximum absolute atomic E-state index is 14.5. The molecule has 10 heteroatoms. The summed E-state index contributed by atoms with van der Waals surface area (Å²) in [5.41, 5.74) is 8.00. The Labute approximate surface area is 241 Å². The fourth-order valence-corrected chi connectivity index (χ4v) is 5.67. The van der Waals surface area contributed by atoms with Crippen LogP contribution in [0.15, 0.2) is 36.4 Å². The number of piperidine rings is 1. The van der Waals surface area contributed by atoms with Crippen molar-refractivity contribution < 1.29 is 28.3 Å². The Balaban J connectivity index is 1.40. The number of halogens is 1. The molecule has 1 atom stereocenters. The molecule has 2 aliphatic heterocycles. The van der Waals surface area contributed by atoms with Crippen LogP contribution in [0.25, 0.3) is 0 Å². The fourth-order valence-electron chi connectivity index (χ4n) is 4.91. The number of carbonyl (C=O) groups is 4. The zero-order valence-electron chi connectivity index (χ0n) is 23.8. The Morgan fingerprint density at radius 1 is 1.15 bits per heavy atom.